The van der Waals surface area contributed by atoms with E-state index in [9.17, 15) is 0 Å². The largest absolute Gasteiger partial charge is 0.330 e. The van der Waals surface area contributed by atoms with Gasteiger partial charge in [0.1, 0.15) is 0 Å². The summed E-state index contributed by atoms with van der Waals surface area (Å²) in [4.78, 5) is 0. The van der Waals surface area contributed by atoms with Gasteiger partial charge in [-0.05, 0) is 50.7 Å². The fourth-order valence-corrected chi connectivity index (χ4v) is 6.37. The summed E-state index contributed by atoms with van der Waals surface area (Å²) in [6.07, 6.45) is 32.3. The molecule has 0 aromatic carbocycles. The molecule has 0 rings (SSSR count). The van der Waals surface area contributed by atoms with E-state index in [1.165, 1.54) is 116 Å². The van der Waals surface area contributed by atoms with Gasteiger partial charge in [-0.2, -0.15) is 0 Å². The Morgan fingerprint density at radius 1 is 0.400 bits per heavy atom. The zero-order chi connectivity index (χ0) is 21.8. The molecule has 0 saturated heterocycles. The van der Waals surface area contributed by atoms with Crippen LogP contribution in [0.15, 0.2) is 0 Å². The molecule has 30 heavy (non-hydrogen) atoms. The molecule has 0 atom stereocenters. The van der Waals surface area contributed by atoms with Gasteiger partial charge in [0.2, 0.25) is 0 Å². The van der Waals surface area contributed by atoms with E-state index in [1.54, 1.807) is 18.5 Å². The van der Waals surface area contributed by atoms with Crippen LogP contribution in [0.4, 0.5) is 0 Å². The highest BCUT2D eigenvalue weighted by Gasteiger charge is 2.07. The summed E-state index contributed by atoms with van der Waals surface area (Å²) in [5.41, 5.74) is 5.03. The maximum absolute atomic E-state index is 5.03. The maximum Gasteiger partial charge on any atom is -0.00799 e. The third-order valence-corrected chi connectivity index (χ3v) is 8.62. The number of halogens is 1. The third-order valence-electron chi connectivity index (χ3n) is 5.77. The van der Waals surface area contributed by atoms with E-state index in [2.05, 4.69) is 27.7 Å². The molecule has 0 unspecified atom stereocenters. The molecule has 0 aliphatic carbocycles. The zero-order valence-electron chi connectivity index (χ0n) is 21.7. The van der Waals surface area contributed by atoms with Crippen LogP contribution in [0.5, 0.6) is 0 Å². The van der Waals surface area contributed by atoms with Gasteiger partial charge < -0.3 is 5.73 Å². The molecule has 0 saturated carbocycles. The van der Waals surface area contributed by atoms with Crippen LogP contribution >= 0.6 is 24.9 Å². The van der Waals surface area contributed by atoms with E-state index < -0.39 is 0 Å². The molecule has 2 N–H and O–H groups in total. The highest BCUT2D eigenvalue weighted by Crippen LogP contribution is 2.39. The Bertz CT molecular complexity index is 223. The number of hydrogen-bond donors (Lipinski definition) is 1. The van der Waals surface area contributed by atoms with Gasteiger partial charge in [0, 0.05) is 0 Å². The van der Waals surface area contributed by atoms with Crippen LogP contribution in [0.25, 0.3) is 0 Å². The average Bonchev–Trinajstić information content (AvgIpc) is 2.75. The Labute approximate surface area is 205 Å². The molecule has 0 aromatic rings. The summed E-state index contributed by atoms with van der Waals surface area (Å²) in [5, 5.41) is 0. The number of rotatable bonds is 22. The summed E-state index contributed by atoms with van der Waals surface area (Å²) >= 11 is 0. The lowest BCUT2D eigenvalue weighted by atomic mass is 10.1. The lowest BCUT2D eigenvalue weighted by Gasteiger charge is -2.18. The summed E-state index contributed by atoms with van der Waals surface area (Å²) in [7, 11) is 0.366. The molecular weight excluding hydrogens is 449 g/mol. The van der Waals surface area contributed by atoms with Crippen LogP contribution in [0.2, 0.25) is 0 Å². The fraction of sp³-hybridized carbons (Fsp3) is 1.00. The van der Waals surface area contributed by atoms with Gasteiger partial charge in [-0.25, -0.2) is 0 Å². The third kappa shape index (κ3) is 33.5. The first-order valence-electron chi connectivity index (χ1n) is 13.7. The Morgan fingerprint density at radius 2 is 0.633 bits per heavy atom. The van der Waals surface area contributed by atoms with Crippen molar-refractivity contribution >= 4 is 24.9 Å². The van der Waals surface area contributed by atoms with Crippen LogP contribution in [-0.4, -0.2) is 25.0 Å². The second-order valence-electron chi connectivity index (χ2n) is 8.93. The van der Waals surface area contributed by atoms with E-state index in [-0.39, 0.29) is 17.0 Å². The van der Waals surface area contributed by atoms with E-state index >= 15 is 0 Å². The first kappa shape index (κ1) is 35.5. The Morgan fingerprint density at radius 3 is 0.867 bits per heavy atom. The molecule has 1 nitrogen and oxygen atoms in total. The van der Waals surface area contributed by atoms with E-state index in [4.69, 9.17) is 5.73 Å². The summed E-state index contributed by atoms with van der Waals surface area (Å²) in [6.45, 7) is 9.83. The van der Waals surface area contributed by atoms with Crippen molar-refractivity contribution in [1.82, 2.24) is 0 Å². The molecule has 0 aromatic heterocycles. The second kappa shape index (κ2) is 34.5. The lowest BCUT2D eigenvalue weighted by molar-refractivity contribution is 0.617. The van der Waals surface area contributed by atoms with Crippen molar-refractivity contribution in [2.75, 3.05) is 25.0 Å². The van der Waals surface area contributed by atoms with Crippen molar-refractivity contribution in [2.24, 2.45) is 5.73 Å². The average molecular weight is 511 g/mol. The van der Waals surface area contributed by atoms with Gasteiger partial charge in [-0.1, -0.05) is 124 Å². The predicted octanol–water partition coefficient (Wildman–Crippen LogP) is 10.5. The van der Waals surface area contributed by atoms with Crippen molar-refractivity contribution in [3.8, 4) is 0 Å². The number of nitrogens with two attached hydrogens (primary N) is 1. The molecule has 0 aliphatic heterocycles. The van der Waals surface area contributed by atoms with Gasteiger partial charge in [0.05, 0.1) is 0 Å². The van der Waals surface area contributed by atoms with Crippen LogP contribution in [0.1, 0.15) is 150 Å². The van der Waals surface area contributed by atoms with Crippen LogP contribution in [-0.2, 0) is 0 Å². The molecule has 3 heteroatoms. The van der Waals surface area contributed by atoms with Crippen molar-refractivity contribution in [1.29, 1.82) is 0 Å². The first-order chi connectivity index (χ1) is 14.3. The summed E-state index contributed by atoms with van der Waals surface area (Å²) in [6, 6.07) is 0. The molecule has 0 amide bonds. The molecule has 0 radical (unpaired) electrons. The summed E-state index contributed by atoms with van der Waals surface area (Å²) in [5.74, 6) is 0. The lowest BCUT2D eigenvalue weighted by Crippen LogP contribution is -1.97. The van der Waals surface area contributed by atoms with Gasteiger partial charge in [-0.15, -0.1) is 24.9 Å². The minimum absolute atomic E-state index is 0. The predicted molar refractivity (Wildman–Crippen MR) is 151 cm³/mol. The highest BCUT2D eigenvalue weighted by atomic mass is 79.9. The van der Waals surface area contributed by atoms with Crippen LogP contribution < -0.4 is 5.73 Å². The van der Waals surface area contributed by atoms with Gasteiger partial charge in [0.15, 0.2) is 0 Å². The van der Waals surface area contributed by atoms with Crippen molar-refractivity contribution in [3.05, 3.63) is 0 Å². The monoisotopic (exact) mass is 509 g/mol. The zero-order valence-corrected chi connectivity index (χ0v) is 24.3. The van der Waals surface area contributed by atoms with E-state index in [1.807, 2.05) is 0 Å². The van der Waals surface area contributed by atoms with Crippen LogP contribution in [0, 0.1) is 0 Å². The molecule has 0 aliphatic rings. The normalized spacial score (nSPS) is 10.6. The Kier molecular flexibility index (Phi) is 40.8. The first-order valence-corrected chi connectivity index (χ1v) is 15.6. The smallest absolute Gasteiger partial charge is 0.00799 e. The fourth-order valence-electron chi connectivity index (χ4n) is 3.68. The molecule has 0 bridgehead atoms. The minimum Gasteiger partial charge on any atom is -0.330 e. The Hall–Kier alpha value is 0.870. The SMILES string of the molecule is Br.CCCCCCCCP(CCCCCCCC)CCCCCCCC.CCCN. The van der Waals surface area contributed by atoms with Crippen molar-refractivity contribution in [2.45, 2.75) is 150 Å². The summed E-state index contributed by atoms with van der Waals surface area (Å²) < 4.78 is 0. The van der Waals surface area contributed by atoms with Crippen molar-refractivity contribution < 1.29 is 0 Å². The van der Waals surface area contributed by atoms with Gasteiger partial charge in [-0.3, -0.25) is 0 Å². The van der Waals surface area contributed by atoms with E-state index in [0.717, 1.165) is 13.0 Å². The number of hydrogen-bond acceptors (Lipinski definition) is 1. The van der Waals surface area contributed by atoms with E-state index in [0.29, 0.717) is 7.92 Å². The second-order valence-corrected chi connectivity index (χ2v) is 11.6. The topological polar surface area (TPSA) is 26.0 Å². The molecule has 0 fully saturated rings. The quantitative estimate of drug-likeness (QED) is 0.114. The Balaban J connectivity index is -0.00000133. The highest BCUT2D eigenvalue weighted by molar-refractivity contribution is 8.93. The van der Waals surface area contributed by atoms with Crippen LogP contribution in [0.3, 0.4) is 0 Å². The minimum atomic E-state index is 0. The molecule has 186 valence electrons. The van der Waals surface area contributed by atoms with Crippen molar-refractivity contribution in [3.63, 3.8) is 0 Å². The maximum atomic E-state index is 5.03. The van der Waals surface area contributed by atoms with Gasteiger partial charge >= 0.3 is 0 Å². The van der Waals surface area contributed by atoms with Gasteiger partial charge in [0.25, 0.3) is 0 Å². The number of unbranched alkanes of at least 4 members (excludes halogenated alkanes) is 15. The molecular formula is C27H61BrNP. The standard InChI is InChI=1S/C24H51P.C3H9N.BrH/c1-4-7-10-13-16-19-22-25(23-20-17-14-11-8-5-2)24-21-18-15-12-9-6-3;1-2-3-4;/h4-24H2,1-3H3;2-4H2,1H3;1H. The molecule has 0 heterocycles. The molecule has 0 spiro atoms.